The number of halogens is 3. The van der Waals surface area contributed by atoms with Crippen LogP contribution >= 0.6 is 22.6 Å². The fourth-order valence-corrected chi connectivity index (χ4v) is 1.88. The third-order valence-electron chi connectivity index (χ3n) is 2.28. The molecule has 2 nitrogen and oxygen atoms in total. The van der Waals surface area contributed by atoms with Crippen molar-refractivity contribution in [2.45, 2.75) is 19.3 Å². The molecule has 0 bridgehead atoms. The van der Waals surface area contributed by atoms with E-state index in [1.54, 1.807) is 0 Å². The first-order chi connectivity index (χ1) is 8.15. The van der Waals surface area contributed by atoms with Crippen LogP contribution in [0.15, 0.2) is 18.2 Å². The number of alkyl halides is 1. The standard InChI is InChI=1S/C12H14F2INO/c13-10-5-4-9(8-11(10)14)12(17)16-7-3-1-2-6-15/h4-5,8H,1-3,6-7H2,(H,16,17). The largest absolute Gasteiger partial charge is 0.352 e. The first-order valence-corrected chi connectivity index (χ1v) is 6.97. The summed E-state index contributed by atoms with van der Waals surface area (Å²) in [4.78, 5) is 11.5. The lowest BCUT2D eigenvalue weighted by Crippen LogP contribution is -2.24. The summed E-state index contributed by atoms with van der Waals surface area (Å²) in [5.74, 6) is -2.30. The highest BCUT2D eigenvalue weighted by atomic mass is 127. The number of rotatable bonds is 6. The van der Waals surface area contributed by atoms with Crippen LogP contribution in [-0.2, 0) is 0 Å². The van der Waals surface area contributed by atoms with Gasteiger partial charge in [-0.05, 0) is 35.5 Å². The number of amides is 1. The Balaban J connectivity index is 2.39. The average Bonchev–Trinajstić information content (AvgIpc) is 2.32. The Morgan fingerprint density at radius 3 is 2.59 bits per heavy atom. The van der Waals surface area contributed by atoms with Crippen LogP contribution in [0.3, 0.4) is 0 Å². The van der Waals surface area contributed by atoms with E-state index in [2.05, 4.69) is 27.9 Å². The van der Waals surface area contributed by atoms with E-state index in [0.29, 0.717) is 6.54 Å². The Morgan fingerprint density at radius 1 is 1.18 bits per heavy atom. The lowest BCUT2D eigenvalue weighted by atomic mass is 10.2. The van der Waals surface area contributed by atoms with Gasteiger partial charge >= 0.3 is 0 Å². The topological polar surface area (TPSA) is 29.1 Å². The Bertz CT molecular complexity index is 385. The van der Waals surface area contributed by atoms with E-state index in [9.17, 15) is 13.6 Å². The molecule has 5 heteroatoms. The van der Waals surface area contributed by atoms with Crippen LogP contribution < -0.4 is 5.32 Å². The molecule has 0 aliphatic rings. The van der Waals surface area contributed by atoms with Crippen LogP contribution in [-0.4, -0.2) is 16.9 Å². The minimum absolute atomic E-state index is 0.151. The zero-order valence-corrected chi connectivity index (χ0v) is 11.5. The number of nitrogens with one attached hydrogen (secondary N) is 1. The van der Waals surface area contributed by atoms with E-state index in [4.69, 9.17) is 0 Å². The third-order valence-corrected chi connectivity index (χ3v) is 3.04. The maximum absolute atomic E-state index is 12.9. The molecule has 0 saturated carbocycles. The predicted octanol–water partition coefficient (Wildman–Crippen LogP) is 3.30. The Morgan fingerprint density at radius 2 is 1.94 bits per heavy atom. The Hall–Kier alpha value is -0.720. The van der Waals surface area contributed by atoms with Gasteiger partial charge in [0, 0.05) is 12.1 Å². The molecule has 1 amide bonds. The number of carbonyl (C=O) groups is 1. The monoisotopic (exact) mass is 353 g/mol. The van der Waals surface area contributed by atoms with Crippen molar-refractivity contribution in [1.82, 2.24) is 5.32 Å². The van der Waals surface area contributed by atoms with Crippen molar-refractivity contribution in [3.8, 4) is 0 Å². The number of carbonyl (C=O) groups excluding carboxylic acids is 1. The molecule has 0 fully saturated rings. The van der Waals surface area contributed by atoms with Crippen molar-refractivity contribution in [3.63, 3.8) is 0 Å². The summed E-state index contributed by atoms with van der Waals surface area (Å²) in [7, 11) is 0. The molecule has 0 spiro atoms. The van der Waals surface area contributed by atoms with Crippen molar-refractivity contribution in [1.29, 1.82) is 0 Å². The van der Waals surface area contributed by atoms with Crippen molar-refractivity contribution >= 4 is 28.5 Å². The van der Waals surface area contributed by atoms with Gasteiger partial charge in [0.15, 0.2) is 11.6 Å². The molecule has 0 atom stereocenters. The van der Waals surface area contributed by atoms with Crippen molar-refractivity contribution in [2.75, 3.05) is 11.0 Å². The van der Waals surface area contributed by atoms with Gasteiger partial charge < -0.3 is 5.32 Å². The zero-order chi connectivity index (χ0) is 12.7. The van der Waals surface area contributed by atoms with E-state index in [-0.39, 0.29) is 11.5 Å². The summed E-state index contributed by atoms with van der Waals surface area (Å²) in [6.45, 7) is 0.564. The number of hydrogen-bond acceptors (Lipinski definition) is 1. The Kier molecular flexibility index (Phi) is 6.39. The Labute approximate surface area is 113 Å². The molecule has 17 heavy (non-hydrogen) atoms. The molecule has 0 unspecified atom stereocenters. The molecular weight excluding hydrogens is 339 g/mol. The molecule has 0 aliphatic carbocycles. The normalized spacial score (nSPS) is 10.3. The second kappa shape index (κ2) is 7.58. The van der Waals surface area contributed by atoms with E-state index in [1.807, 2.05) is 0 Å². The van der Waals surface area contributed by atoms with Crippen LogP contribution in [0, 0.1) is 11.6 Å². The van der Waals surface area contributed by atoms with E-state index >= 15 is 0 Å². The fourth-order valence-electron chi connectivity index (χ4n) is 1.34. The fraction of sp³-hybridized carbons (Fsp3) is 0.417. The summed E-state index contributed by atoms with van der Waals surface area (Å²) < 4.78 is 26.6. The third kappa shape index (κ3) is 4.97. The van der Waals surface area contributed by atoms with Crippen molar-refractivity contribution in [3.05, 3.63) is 35.4 Å². The van der Waals surface area contributed by atoms with Crippen LogP contribution in [0.25, 0.3) is 0 Å². The van der Waals surface area contributed by atoms with E-state index in [1.165, 1.54) is 6.07 Å². The molecule has 1 N–H and O–H groups in total. The van der Waals surface area contributed by atoms with Gasteiger partial charge in [-0.25, -0.2) is 8.78 Å². The molecule has 0 heterocycles. The molecule has 0 aliphatic heterocycles. The van der Waals surface area contributed by atoms with Gasteiger partial charge in [0.25, 0.3) is 5.91 Å². The highest BCUT2D eigenvalue weighted by molar-refractivity contribution is 14.1. The maximum Gasteiger partial charge on any atom is 0.251 e. The summed E-state index contributed by atoms with van der Waals surface area (Å²) in [5, 5.41) is 2.67. The smallest absolute Gasteiger partial charge is 0.251 e. The second-order valence-corrected chi connectivity index (χ2v) is 4.71. The SMILES string of the molecule is O=C(NCCCCCI)c1ccc(F)c(F)c1. The van der Waals surface area contributed by atoms with Gasteiger partial charge in [-0.3, -0.25) is 4.79 Å². The number of benzene rings is 1. The molecular formula is C12H14F2INO. The molecule has 0 aromatic heterocycles. The first kappa shape index (κ1) is 14.3. The minimum atomic E-state index is -0.998. The zero-order valence-electron chi connectivity index (χ0n) is 9.31. The summed E-state index contributed by atoms with van der Waals surface area (Å²) >= 11 is 2.30. The van der Waals surface area contributed by atoms with Crippen LogP contribution in [0.4, 0.5) is 8.78 Å². The first-order valence-electron chi connectivity index (χ1n) is 5.44. The van der Waals surface area contributed by atoms with Crippen LogP contribution in [0.1, 0.15) is 29.6 Å². The van der Waals surface area contributed by atoms with E-state index in [0.717, 1.165) is 35.8 Å². The van der Waals surface area contributed by atoms with Gasteiger partial charge in [0.05, 0.1) is 0 Å². The van der Waals surface area contributed by atoms with Gasteiger partial charge in [-0.1, -0.05) is 29.0 Å². The van der Waals surface area contributed by atoms with Crippen LogP contribution in [0.2, 0.25) is 0 Å². The van der Waals surface area contributed by atoms with Crippen molar-refractivity contribution < 1.29 is 13.6 Å². The molecule has 0 radical (unpaired) electrons. The van der Waals surface area contributed by atoms with E-state index < -0.39 is 11.6 Å². The average molecular weight is 353 g/mol. The van der Waals surface area contributed by atoms with Gasteiger partial charge in [-0.15, -0.1) is 0 Å². The lowest BCUT2D eigenvalue weighted by Gasteiger charge is -2.05. The molecule has 94 valence electrons. The lowest BCUT2D eigenvalue weighted by molar-refractivity contribution is 0.0952. The molecule has 0 saturated heterocycles. The van der Waals surface area contributed by atoms with Gasteiger partial charge in [-0.2, -0.15) is 0 Å². The van der Waals surface area contributed by atoms with Crippen molar-refractivity contribution in [2.24, 2.45) is 0 Å². The molecule has 1 aromatic rings. The quantitative estimate of drug-likeness (QED) is 0.475. The molecule has 1 aromatic carbocycles. The van der Waals surface area contributed by atoms with Gasteiger partial charge in [0.2, 0.25) is 0 Å². The summed E-state index contributed by atoms with van der Waals surface area (Å²) in [6.07, 6.45) is 3.08. The summed E-state index contributed by atoms with van der Waals surface area (Å²) in [6, 6.07) is 3.15. The predicted molar refractivity (Wildman–Crippen MR) is 71.4 cm³/mol. The van der Waals surface area contributed by atoms with Crippen LogP contribution in [0.5, 0.6) is 0 Å². The van der Waals surface area contributed by atoms with Gasteiger partial charge in [0.1, 0.15) is 0 Å². The molecule has 1 rings (SSSR count). The highest BCUT2D eigenvalue weighted by Crippen LogP contribution is 2.08. The number of unbranched alkanes of at least 4 members (excludes halogenated alkanes) is 2. The summed E-state index contributed by atoms with van der Waals surface area (Å²) in [5.41, 5.74) is 0.151. The minimum Gasteiger partial charge on any atom is -0.352 e. The number of hydrogen-bond donors (Lipinski definition) is 1. The highest BCUT2D eigenvalue weighted by Gasteiger charge is 2.08. The second-order valence-electron chi connectivity index (χ2n) is 3.63. The maximum atomic E-state index is 12.9.